The number of hydrogen-bond acceptors (Lipinski definition) is 2. The van der Waals surface area contributed by atoms with Crippen LogP contribution in [0.15, 0.2) is 108 Å². The molecule has 1 aliphatic rings. The lowest BCUT2D eigenvalue weighted by Gasteiger charge is -2.10. The highest BCUT2D eigenvalue weighted by Crippen LogP contribution is 2.20. The van der Waals surface area contributed by atoms with Gasteiger partial charge in [-0.15, -0.1) is 0 Å². The summed E-state index contributed by atoms with van der Waals surface area (Å²) in [6.45, 7) is 13.5. The van der Waals surface area contributed by atoms with Gasteiger partial charge < -0.3 is 9.84 Å². The second kappa shape index (κ2) is 14.3. The smallest absolute Gasteiger partial charge is 0.339 e. The molecule has 0 radical (unpaired) electrons. The van der Waals surface area contributed by atoms with Crippen molar-refractivity contribution in [2.24, 2.45) is 5.92 Å². The lowest BCUT2D eigenvalue weighted by atomic mass is 9.95. The standard InChI is InChI=1S/C22H23ClO3.C2H6/c1-5-18(10-12-19-9-7-6-8-16(19)2)11-13-20(14-17(3)23)21(15-26-4)22(24)25;1-2/h5-16H,1,3H2,2,4H3,(H,24,25);1-2H3/b13-11+,18-10+,19-12-,20-14-,21-15-;. The van der Waals surface area contributed by atoms with Gasteiger partial charge >= 0.3 is 5.97 Å². The fourth-order valence-electron chi connectivity index (χ4n) is 2.18. The SMILES string of the molecule is C=CC(/C=C/C(=C/C(=C)Cl)C(=C/OC)/C(=O)O)=C\C=C1\C=CC=CC1C.CC. The lowest BCUT2D eigenvalue weighted by Crippen LogP contribution is -2.03. The molecule has 0 aliphatic heterocycles. The minimum absolute atomic E-state index is 0.0266. The van der Waals surface area contributed by atoms with Gasteiger partial charge in [0.1, 0.15) is 5.57 Å². The topological polar surface area (TPSA) is 46.5 Å². The van der Waals surface area contributed by atoms with Gasteiger partial charge in [0, 0.05) is 5.03 Å². The summed E-state index contributed by atoms with van der Waals surface area (Å²) in [5.41, 5.74) is 2.34. The van der Waals surface area contributed by atoms with Gasteiger partial charge in [0.25, 0.3) is 0 Å². The Kier molecular flexibility index (Phi) is 12.9. The van der Waals surface area contributed by atoms with Gasteiger partial charge in [-0.2, -0.15) is 0 Å². The van der Waals surface area contributed by atoms with Gasteiger partial charge in [-0.3, -0.25) is 0 Å². The molecule has 0 aromatic carbocycles. The molecule has 0 spiro atoms. The van der Waals surface area contributed by atoms with E-state index < -0.39 is 5.97 Å². The predicted octanol–water partition coefficient (Wildman–Crippen LogP) is 6.66. The van der Waals surface area contributed by atoms with E-state index in [0.29, 0.717) is 11.5 Å². The highest BCUT2D eigenvalue weighted by atomic mass is 35.5. The molecular weight excluding hydrogens is 372 g/mol. The van der Waals surface area contributed by atoms with Crippen molar-refractivity contribution in [2.75, 3.05) is 7.11 Å². The first-order valence-corrected chi connectivity index (χ1v) is 9.36. The van der Waals surface area contributed by atoms with Crippen LogP contribution in [0.5, 0.6) is 0 Å². The minimum atomic E-state index is -1.13. The van der Waals surface area contributed by atoms with Gasteiger partial charge in [-0.1, -0.05) is 100 Å². The summed E-state index contributed by atoms with van der Waals surface area (Å²) < 4.78 is 4.85. The second-order valence-electron chi connectivity index (χ2n) is 5.52. The minimum Gasteiger partial charge on any atom is -0.503 e. The van der Waals surface area contributed by atoms with Crippen LogP contribution in [0.2, 0.25) is 0 Å². The quantitative estimate of drug-likeness (QED) is 0.281. The molecule has 1 aliphatic carbocycles. The monoisotopic (exact) mass is 400 g/mol. The Bertz CT molecular complexity index is 772. The van der Waals surface area contributed by atoms with E-state index in [1.165, 1.54) is 18.8 Å². The highest BCUT2D eigenvalue weighted by Gasteiger charge is 2.12. The molecule has 0 amide bonds. The van der Waals surface area contributed by atoms with Crippen molar-refractivity contribution in [3.05, 3.63) is 108 Å². The zero-order chi connectivity index (χ0) is 21.5. The number of allylic oxidation sites excluding steroid dienone is 13. The third-order valence-corrected chi connectivity index (χ3v) is 3.68. The number of rotatable bonds is 8. The van der Waals surface area contributed by atoms with Gasteiger partial charge in [0.15, 0.2) is 0 Å². The second-order valence-corrected chi connectivity index (χ2v) is 6.01. The maximum Gasteiger partial charge on any atom is 0.339 e. The number of methoxy groups -OCH3 is 1. The number of hydrogen-bond donors (Lipinski definition) is 1. The van der Waals surface area contributed by atoms with Gasteiger partial charge in [-0.05, 0) is 28.7 Å². The zero-order valence-electron chi connectivity index (χ0n) is 17.0. The molecule has 1 atom stereocenters. The highest BCUT2D eigenvalue weighted by molar-refractivity contribution is 6.31. The fraction of sp³-hybridized carbons (Fsp3) is 0.208. The zero-order valence-corrected chi connectivity index (χ0v) is 17.7. The van der Waals surface area contributed by atoms with E-state index in [-0.39, 0.29) is 10.6 Å². The van der Waals surface area contributed by atoms with E-state index in [9.17, 15) is 9.90 Å². The van der Waals surface area contributed by atoms with Crippen LogP contribution in [0, 0.1) is 5.92 Å². The predicted molar refractivity (Wildman–Crippen MR) is 120 cm³/mol. The molecule has 0 aromatic rings. The Hall–Kier alpha value is -2.78. The van der Waals surface area contributed by atoms with Crippen LogP contribution in [0.4, 0.5) is 0 Å². The molecule has 0 fully saturated rings. The number of carbonyl (C=O) groups is 1. The third-order valence-electron chi connectivity index (χ3n) is 3.57. The summed E-state index contributed by atoms with van der Waals surface area (Å²) in [6, 6.07) is 0. The van der Waals surface area contributed by atoms with Crippen LogP contribution < -0.4 is 0 Å². The van der Waals surface area contributed by atoms with Crippen LogP contribution in [-0.4, -0.2) is 18.2 Å². The third kappa shape index (κ3) is 9.24. The van der Waals surface area contributed by atoms with Crippen LogP contribution in [0.25, 0.3) is 0 Å². The summed E-state index contributed by atoms with van der Waals surface area (Å²) in [5.74, 6) is -0.788. The lowest BCUT2D eigenvalue weighted by molar-refractivity contribution is -0.132. The van der Waals surface area contributed by atoms with Gasteiger partial charge in [0.05, 0.1) is 13.4 Å². The van der Waals surface area contributed by atoms with Crippen molar-refractivity contribution >= 4 is 17.6 Å². The maximum atomic E-state index is 11.4. The molecule has 28 heavy (non-hydrogen) atoms. The van der Waals surface area contributed by atoms with Gasteiger partial charge in [0.2, 0.25) is 0 Å². The molecule has 0 saturated heterocycles. The average molecular weight is 401 g/mol. The van der Waals surface area contributed by atoms with E-state index in [4.69, 9.17) is 16.3 Å². The summed E-state index contributed by atoms with van der Waals surface area (Å²) in [7, 11) is 1.38. The normalized spacial score (nSPS) is 18.7. The first-order chi connectivity index (χ1) is 13.4. The molecule has 3 nitrogen and oxygen atoms in total. The number of ether oxygens (including phenoxy) is 1. The van der Waals surface area contributed by atoms with E-state index in [1.807, 2.05) is 38.2 Å². The molecule has 150 valence electrons. The summed E-state index contributed by atoms with van der Waals surface area (Å²) in [5, 5.41) is 9.57. The molecule has 1 N–H and O–H groups in total. The average Bonchev–Trinajstić information content (AvgIpc) is 2.67. The Morgan fingerprint density at radius 1 is 1.29 bits per heavy atom. The van der Waals surface area contributed by atoms with Crippen molar-refractivity contribution in [3.63, 3.8) is 0 Å². The van der Waals surface area contributed by atoms with Crippen molar-refractivity contribution in [1.82, 2.24) is 0 Å². The molecule has 1 unspecified atom stereocenters. The Labute approximate surface area is 173 Å². The Morgan fingerprint density at radius 3 is 2.46 bits per heavy atom. The molecule has 0 aromatic heterocycles. The van der Waals surface area contributed by atoms with Crippen LogP contribution >= 0.6 is 11.6 Å². The van der Waals surface area contributed by atoms with Crippen molar-refractivity contribution in [3.8, 4) is 0 Å². The van der Waals surface area contributed by atoms with E-state index in [0.717, 1.165) is 11.8 Å². The molecule has 0 bridgehead atoms. The van der Waals surface area contributed by atoms with E-state index in [2.05, 4.69) is 32.2 Å². The molecule has 0 saturated carbocycles. The van der Waals surface area contributed by atoms with Crippen molar-refractivity contribution in [1.29, 1.82) is 0 Å². The van der Waals surface area contributed by atoms with Gasteiger partial charge in [-0.25, -0.2) is 4.79 Å². The van der Waals surface area contributed by atoms with Crippen LogP contribution in [0.3, 0.4) is 0 Å². The summed E-state index contributed by atoms with van der Waals surface area (Å²) in [6.07, 6.45) is 19.8. The van der Waals surface area contributed by atoms with E-state index in [1.54, 1.807) is 18.2 Å². The fourth-order valence-corrected chi connectivity index (χ4v) is 2.30. The number of halogens is 1. The summed E-state index contributed by atoms with van der Waals surface area (Å²) >= 11 is 5.83. The number of aliphatic carboxylic acids is 1. The van der Waals surface area contributed by atoms with Crippen molar-refractivity contribution < 1.29 is 14.6 Å². The first-order valence-electron chi connectivity index (χ1n) is 8.99. The first kappa shape index (κ1) is 25.2. The molecular formula is C24H29ClO3. The van der Waals surface area contributed by atoms with Crippen LogP contribution in [0.1, 0.15) is 20.8 Å². The Morgan fingerprint density at radius 2 is 1.96 bits per heavy atom. The molecule has 1 rings (SSSR count). The molecule has 4 heteroatoms. The maximum absolute atomic E-state index is 11.4. The van der Waals surface area contributed by atoms with Crippen LogP contribution in [-0.2, 0) is 9.53 Å². The largest absolute Gasteiger partial charge is 0.503 e. The number of carboxylic acids is 1. The van der Waals surface area contributed by atoms with E-state index >= 15 is 0 Å². The molecule has 0 heterocycles. The Balaban J connectivity index is 0.00000352. The number of carboxylic acid groups (broad SMARTS) is 1. The summed E-state index contributed by atoms with van der Waals surface area (Å²) in [4.78, 5) is 11.4. The van der Waals surface area contributed by atoms with Crippen molar-refractivity contribution in [2.45, 2.75) is 20.8 Å².